The van der Waals surface area contributed by atoms with E-state index in [1.54, 1.807) is 30.6 Å². The second-order valence-corrected chi connectivity index (χ2v) is 14.7. The number of halogens is 4. The fourth-order valence-electron chi connectivity index (χ4n) is 5.60. The summed E-state index contributed by atoms with van der Waals surface area (Å²) in [7, 11) is 1.25. The van der Waals surface area contributed by atoms with E-state index in [-0.39, 0.29) is 102 Å². The van der Waals surface area contributed by atoms with Gasteiger partial charge in [-0.3, -0.25) is 9.59 Å². The molecule has 14 heteroatoms. The molecule has 6 rings (SSSR count). The fraction of sp³-hybridized carbons (Fsp3) is 0.300. The summed E-state index contributed by atoms with van der Waals surface area (Å²) in [5.74, 6) is -2.22. The number of hydrogen-bond donors (Lipinski definition) is 1. The summed E-state index contributed by atoms with van der Waals surface area (Å²) < 4.78 is 4.65. The van der Waals surface area contributed by atoms with Gasteiger partial charge in [0.15, 0.2) is 0 Å². The number of nitrogens with zero attached hydrogens (tertiary/aromatic N) is 2. The number of carbonyl (C=O) groups is 4. The van der Waals surface area contributed by atoms with Crippen LogP contribution in [0.4, 0.5) is 0 Å². The molecule has 0 radical (unpaired) electrons. The van der Waals surface area contributed by atoms with Crippen LogP contribution in [0.3, 0.4) is 0 Å². The SMILES string of the molecule is C.CC(C)(C)[O-].COC(=O)c1c(Cl)cc(C(=O)N2CCc3ccccc3C2)cc1Cl.O=C(O)c1c(Cl)cc(C(=O)N2CCc3ccccc3C2)cc1Cl.[K+]. The van der Waals surface area contributed by atoms with E-state index in [9.17, 15) is 24.3 Å². The van der Waals surface area contributed by atoms with Crippen LogP contribution in [-0.4, -0.2) is 64.5 Å². The monoisotopic (exact) mass is 840 g/mol. The van der Waals surface area contributed by atoms with Crippen molar-refractivity contribution in [3.63, 3.8) is 0 Å². The van der Waals surface area contributed by atoms with Crippen LogP contribution in [0, 0.1) is 0 Å². The number of benzene rings is 4. The molecule has 0 atom stereocenters. The van der Waals surface area contributed by atoms with E-state index in [2.05, 4.69) is 16.9 Å². The molecule has 282 valence electrons. The van der Waals surface area contributed by atoms with Crippen LogP contribution in [-0.2, 0) is 30.7 Å². The second kappa shape index (κ2) is 21.2. The van der Waals surface area contributed by atoms with Gasteiger partial charge in [-0.2, -0.15) is 0 Å². The van der Waals surface area contributed by atoms with Gasteiger partial charge in [0.1, 0.15) is 0 Å². The minimum atomic E-state index is -1.22. The Morgan fingerprint density at radius 3 is 1.30 bits per heavy atom. The third-order valence-corrected chi connectivity index (χ3v) is 9.21. The second-order valence-electron chi connectivity index (χ2n) is 13.0. The first kappa shape index (κ1) is 47.7. The van der Waals surface area contributed by atoms with Crippen LogP contribution in [0.15, 0.2) is 72.8 Å². The molecule has 0 aromatic heterocycles. The Hall–Kier alpha value is -2.48. The maximum absolute atomic E-state index is 12.8. The van der Waals surface area contributed by atoms with Gasteiger partial charge in [0, 0.05) is 37.3 Å². The fourth-order valence-corrected chi connectivity index (χ4v) is 6.89. The molecule has 1 N–H and O–H groups in total. The number of fused-ring (bicyclic) bond motifs is 2. The van der Waals surface area contributed by atoms with E-state index < -0.39 is 17.5 Å². The summed E-state index contributed by atoms with van der Waals surface area (Å²) in [4.78, 5) is 51.7. The van der Waals surface area contributed by atoms with Crippen LogP contribution in [0.1, 0.15) is 91.9 Å². The van der Waals surface area contributed by atoms with Gasteiger partial charge in [0.25, 0.3) is 11.8 Å². The Morgan fingerprint density at radius 2 is 0.981 bits per heavy atom. The first-order valence-electron chi connectivity index (χ1n) is 16.2. The van der Waals surface area contributed by atoms with E-state index in [1.807, 2.05) is 36.4 Å². The number of carbonyl (C=O) groups excluding carboxylic acids is 3. The van der Waals surface area contributed by atoms with E-state index >= 15 is 0 Å². The van der Waals surface area contributed by atoms with Crippen LogP contribution >= 0.6 is 46.4 Å². The van der Waals surface area contributed by atoms with Crippen molar-refractivity contribution in [2.75, 3.05) is 20.2 Å². The van der Waals surface area contributed by atoms with Crippen molar-refractivity contribution < 1.29 is 85.5 Å². The summed E-state index contributed by atoms with van der Waals surface area (Å²) in [5.41, 5.74) is 4.55. The topological polar surface area (TPSA) is 127 Å². The largest absolute Gasteiger partial charge is 1.00 e. The third kappa shape index (κ3) is 12.8. The number of rotatable bonds is 4. The van der Waals surface area contributed by atoms with Crippen LogP contribution < -0.4 is 56.5 Å². The van der Waals surface area contributed by atoms with E-state index in [1.165, 1.54) is 42.5 Å². The third-order valence-electron chi connectivity index (χ3n) is 8.02. The molecule has 0 bridgehead atoms. The summed E-state index contributed by atoms with van der Waals surface area (Å²) in [6, 6.07) is 21.7. The van der Waals surface area contributed by atoms with Crippen molar-refractivity contribution in [3.8, 4) is 0 Å². The first-order chi connectivity index (χ1) is 24.5. The minimum absolute atomic E-state index is 0. The molecule has 2 amide bonds. The summed E-state index contributed by atoms with van der Waals surface area (Å²) >= 11 is 24.1. The number of aromatic carboxylic acids is 1. The van der Waals surface area contributed by atoms with Gasteiger partial charge in [-0.15, -0.1) is 5.60 Å². The number of esters is 1. The number of ether oxygens (including phenoxy) is 1. The normalized spacial score (nSPS) is 12.8. The molecule has 2 aliphatic rings. The van der Waals surface area contributed by atoms with E-state index in [0.717, 1.165) is 24.0 Å². The van der Waals surface area contributed by atoms with Gasteiger partial charge in [-0.1, -0.05) is 123 Å². The minimum Gasteiger partial charge on any atom is -0.850 e. The average Bonchev–Trinajstić information content (AvgIpc) is 3.09. The Labute approximate surface area is 378 Å². The molecule has 2 aliphatic heterocycles. The average molecular weight is 843 g/mol. The van der Waals surface area contributed by atoms with Gasteiger partial charge < -0.3 is 24.7 Å². The Bertz CT molecular complexity index is 1950. The molecule has 4 aromatic carbocycles. The predicted octanol–water partition coefficient (Wildman–Crippen LogP) is 5.65. The molecule has 0 spiro atoms. The molecule has 54 heavy (non-hydrogen) atoms. The van der Waals surface area contributed by atoms with Crippen molar-refractivity contribution in [2.24, 2.45) is 0 Å². The van der Waals surface area contributed by atoms with Gasteiger partial charge in [-0.25, -0.2) is 9.59 Å². The summed E-state index contributed by atoms with van der Waals surface area (Å²) in [6.07, 6.45) is 1.60. The zero-order valence-corrected chi connectivity index (χ0v) is 36.1. The molecule has 4 aromatic rings. The van der Waals surface area contributed by atoms with Gasteiger partial charge in [0.05, 0.1) is 38.3 Å². The molecule has 0 saturated carbocycles. The molecular formula is C40H41Cl4KN2O7. The van der Waals surface area contributed by atoms with Gasteiger partial charge >= 0.3 is 63.3 Å². The number of methoxy groups -OCH3 is 1. The molecule has 0 aliphatic carbocycles. The Kier molecular flexibility index (Phi) is 18.7. The Balaban J connectivity index is 0.000000322. The number of carboxylic acids is 1. The van der Waals surface area contributed by atoms with Gasteiger partial charge in [-0.05, 0) is 59.4 Å². The van der Waals surface area contributed by atoms with Crippen molar-refractivity contribution in [2.45, 2.75) is 59.7 Å². The summed E-state index contributed by atoms with van der Waals surface area (Å²) in [5, 5.41) is 19.3. The van der Waals surface area contributed by atoms with Crippen LogP contribution in [0.25, 0.3) is 0 Å². The maximum Gasteiger partial charge on any atom is 1.00 e. The molecule has 9 nitrogen and oxygen atoms in total. The Morgan fingerprint density at radius 1 is 0.667 bits per heavy atom. The van der Waals surface area contributed by atoms with Crippen molar-refractivity contribution in [1.29, 1.82) is 0 Å². The molecule has 0 fully saturated rings. The molecular weight excluding hydrogens is 801 g/mol. The zero-order valence-electron chi connectivity index (χ0n) is 30.0. The molecule has 2 heterocycles. The van der Waals surface area contributed by atoms with E-state index in [0.29, 0.717) is 37.3 Å². The van der Waals surface area contributed by atoms with Crippen LogP contribution in [0.2, 0.25) is 20.1 Å². The number of carboxylic acid groups (broad SMARTS) is 1. The quantitative estimate of drug-likeness (QED) is 0.208. The first-order valence-corrected chi connectivity index (χ1v) is 17.7. The molecule has 0 unspecified atom stereocenters. The predicted molar refractivity (Wildman–Crippen MR) is 207 cm³/mol. The van der Waals surface area contributed by atoms with Crippen molar-refractivity contribution >= 4 is 70.2 Å². The van der Waals surface area contributed by atoms with E-state index in [4.69, 9.17) is 51.5 Å². The maximum atomic E-state index is 12.8. The summed E-state index contributed by atoms with van der Waals surface area (Å²) in [6.45, 7) is 7.19. The molecule has 0 saturated heterocycles. The standard InChI is InChI=1S/C18H15Cl2NO3.C17H13Cl2NO3.C4H9O.CH4.K/c1-24-18(23)16-14(19)8-13(9-15(16)20)17(22)21-7-6-11-4-2-3-5-12(11)10-21;18-13-7-12(8-14(19)15(13)17(22)23)16(21)20-6-5-10-3-1-2-4-11(10)9-20;1-4(2,3)5;;/h2-5,8-9H,6-7,10H2,1H3;1-4,7-8H,5-6,9H2,(H,22,23);1-3H3;1H4;/q;;-1;;+1. The van der Waals surface area contributed by atoms with Crippen molar-refractivity contribution in [1.82, 2.24) is 9.80 Å². The number of hydrogen-bond acceptors (Lipinski definition) is 6. The number of amides is 2. The smallest absolute Gasteiger partial charge is 0.850 e. The zero-order chi connectivity index (χ0) is 38.3. The van der Waals surface area contributed by atoms with Crippen molar-refractivity contribution in [3.05, 3.63) is 137 Å². The van der Waals surface area contributed by atoms with Gasteiger partial charge in [0.2, 0.25) is 0 Å². The van der Waals surface area contributed by atoms with Crippen LogP contribution in [0.5, 0.6) is 0 Å².